The van der Waals surface area contributed by atoms with Crippen LogP contribution in [-0.2, 0) is 9.59 Å². The van der Waals surface area contributed by atoms with E-state index in [1.807, 2.05) is 6.92 Å². The number of aliphatic carboxylic acids is 1. The Morgan fingerprint density at radius 1 is 1.73 bits per heavy atom. The molecule has 0 rings (SSSR count). The molecule has 0 heterocycles. The van der Waals surface area contributed by atoms with Crippen molar-refractivity contribution in [3.05, 3.63) is 0 Å². The van der Waals surface area contributed by atoms with Crippen molar-refractivity contribution < 1.29 is 14.7 Å². The minimum absolute atomic E-state index is 0.0552. The van der Waals surface area contributed by atoms with Gasteiger partial charge in [0.25, 0.3) is 0 Å². The van der Waals surface area contributed by atoms with Crippen LogP contribution in [0.5, 0.6) is 0 Å². The summed E-state index contributed by atoms with van der Waals surface area (Å²) in [6, 6.07) is -0.669. The number of rotatable bonds is 5. The molecule has 1 N–H and O–H groups in total. The van der Waals surface area contributed by atoms with E-state index in [0.29, 0.717) is 12.8 Å². The van der Waals surface area contributed by atoms with Gasteiger partial charge in [0, 0.05) is 6.42 Å². The van der Waals surface area contributed by atoms with Crippen LogP contribution in [0.1, 0.15) is 13.3 Å². The summed E-state index contributed by atoms with van der Waals surface area (Å²) in [6.07, 6.45) is 0.685. The van der Waals surface area contributed by atoms with Gasteiger partial charge in [-0.05, 0) is 13.6 Å². The molecule has 0 aromatic carbocycles. The molecule has 1 atom stereocenters. The normalized spacial score (nSPS) is 13.0. The van der Waals surface area contributed by atoms with Crippen molar-refractivity contribution in [2.24, 2.45) is 0 Å². The summed E-state index contributed by atoms with van der Waals surface area (Å²) >= 11 is 0. The van der Waals surface area contributed by atoms with Gasteiger partial charge in [-0.3, -0.25) is 9.69 Å². The summed E-state index contributed by atoms with van der Waals surface area (Å²) in [5.41, 5.74) is 0. The molecule has 0 saturated heterocycles. The van der Waals surface area contributed by atoms with Crippen LogP contribution in [0.2, 0.25) is 0 Å². The second-order valence-electron chi connectivity index (χ2n) is 2.33. The van der Waals surface area contributed by atoms with Gasteiger partial charge in [0.05, 0.1) is 0 Å². The zero-order chi connectivity index (χ0) is 8.85. The van der Waals surface area contributed by atoms with Crippen molar-refractivity contribution in [1.82, 2.24) is 4.90 Å². The van der Waals surface area contributed by atoms with Gasteiger partial charge in [0.2, 0.25) is 0 Å². The molecule has 0 aliphatic carbocycles. The van der Waals surface area contributed by atoms with Crippen molar-refractivity contribution in [2.75, 3.05) is 13.6 Å². The second-order valence-corrected chi connectivity index (χ2v) is 2.33. The van der Waals surface area contributed by atoms with E-state index in [1.165, 1.54) is 0 Å². The topological polar surface area (TPSA) is 57.6 Å². The highest BCUT2D eigenvalue weighted by molar-refractivity contribution is 5.76. The molecule has 1 unspecified atom stereocenters. The number of hydrogen-bond acceptors (Lipinski definition) is 3. The first kappa shape index (κ1) is 10.1. The summed E-state index contributed by atoms with van der Waals surface area (Å²) < 4.78 is 0. The van der Waals surface area contributed by atoms with Gasteiger partial charge < -0.3 is 9.90 Å². The number of carbonyl (C=O) groups is 2. The molecule has 0 fully saturated rings. The Morgan fingerprint density at radius 3 is 2.55 bits per heavy atom. The van der Waals surface area contributed by atoms with Crippen molar-refractivity contribution in [1.29, 1.82) is 0 Å². The molecule has 11 heavy (non-hydrogen) atoms. The fraction of sp³-hybridized carbons (Fsp3) is 0.714. The Bertz CT molecular complexity index is 147. The second kappa shape index (κ2) is 4.85. The van der Waals surface area contributed by atoms with E-state index in [4.69, 9.17) is 5.11 Å². The zero-order valence-corrected chi connectivity index (χ0v) is 6.78. The lowest BCUT2D eigenvalue weighted by Gasteiger charge is -2.20. The van der Waals surface area contributed by atoms with E-state index in [9.17, 15) is 9.59 Å². The minimum atomic E-state index is -0.943. The van der Waals surface area contributed by atoms with E-state index in [1.54, 1.807) is 11.9 Å². The maximum Gasteiger partial charge on any atom is 0.321 e. The first-order chi connectivity index (χ1) is 5.13. The van der Waals surface area contributed by atoms with E-state index < -0.39 is 12.0 Å². The number of carbonyl (C=O) groups excluding carboxylic acids is 1. The number of likely N-dealkylation sites (N-methyl/N-ethyl adjacent to an activating group) is 1. The van der Waals surface area contributed by atoms with Crippen LogP contribution in [0.15, 0.2) is 0 Å². The molecule has 0 aliphatic rings. The summed E-state index contributed by atoms with van der Waals surface area (Å²) in [4.78, 5) is 22.2. The highest BCUT2D eigenvalue weighted by Crippen LogP contribution is 1.99. The summed E-state index contributed by atoms with van der Waals surface area (Å²) in [7, 11) is 1.68. The minimum Gasteiger partial charge on any atom is -0.480 e. The van der Waals surface area contributed by atoms with Gasteiger partial charge in [0.1, 0.15) is 12.3 Å². The maximum absolute atomic E-state index is 10.5. The number of aldehydes is 1. The SMILES string of the molecule is CCN(C)C(CC=O)C(=O)O. The van der Waals surface area contributed by atoms with Crippen LogP contribution < -0.4 is 0 Å². The van der Waals surface area contributed by atoms with Gasteiger partial charge in [0.15, 0.2) is 0 Å². The van der Waals surface area contributed by atoms with Crippen LogP contribution in [0.25, 0.3) is 0 Å². The lowest BCUT2D eigenvalue weighted by atomic mass is 10.2. The third-order valence-corrected chi connectivity index (χ3v) is 1.64. The molecule has 4 nitrogen and oxygen atoms in total. The average Bonchev–Trinajstić information content (AvgIpc) is 1.98. The predicted molar refractivity (Wildman–Crippen MR) is 40.4 cm³/mol. The maximum atomic E-state index is 10.5. The zero-order valence-electron chi connectivity index (χ0n) is 6.78. The standard InChI is InChI=1S/C7H13NO3/c1-3-8(2)6(4-5-9)7(10)11/h5-6H,3-4H2,1-2H3,(H,10,11). The van der Waals surface area contributed by atoms with E-state index >= 15 is 0 Å². The van der Waals surface area contributed by atoms with Gasteiger partial charge >= 0.3 is 5.97 Å². The molecule has 0 aromatic rings. The first-order valence-corrected chi connectivity index (χ1v) is 3.50. The van der Waals surface area contributed by atoms with Crippen LogP contribution >= 0.6 is 0 Å². The number of nitrogens with zero attached hydrogens (tertiary/aromatic N) is 1. The highest BCUT2D eigenvalue weighted by Gasteiger charge is 2.20. The molecule has 4 heteroatoms. The van der Waals surface area contributed by atoms with Gasteiger partial charge in [-0.2, -0.15) is 0 Å². The molecule has 0 bridgehead atoms. The molecule has 0 saturated carbocycles. The first-order valence-electron chi connectivity index (χ1n) is 3.50. The molecule has 64 valence electrons. The van der Waals surface area contributed by atoms with Crippen molar-refractivity contribution in [3.63, 3.8) is 0 Å². The molecular weight excluding hydrogens is 146 g/mol. The van der Waals surface area contributed by atoms with Crippen LogP contribution in [0.4, 0.5) is 0 Å². The Labute approximate surface area is 65.8 Å². The summed E-state index contributed by atoms with van der Waals surface area (Å²) in [5.74, 6) is -0.943. The molecule has 0 radical (unpaired) electrons. The van der Waals surface area contributed by atoms with Crippen LogP contribution in [0, 0.1) is 0 Å². The number of hydrogen-bond donors (Lipinski definition) is 1. The van der Waals surface area contributed by atoms with Crippen molar-refractivity contribution in [2.45, 2.75) is 19.4 Å². The van der Waals surface area contributed by atoms with Gasteiger partial charge in [-0.25, -0.2) is 0 Å². The Hall–Kier alpha value is -0.900. The average molecular weight is 159 g/mol. The molecule has 0 spiro atoms. The van der Waals surface area contributed by atoms with E-state index in [2.05, 4.69) is 0 Å². The molecule has 0 amide bonds. The fourth-order valence-electron chi connectivity index (χ4n) is 0.781. The van der Waals surface area contributed by atoms with Crippen LogP contribution in [0.3, 0.4) is 0 Å². The predicted octanol–water partition coefficient (Wildman–Crippen LogP) is -0.0197. The lowest BCUT2D eigenvalue weighted by Crippen LogP contribution is -2.38. The number of carboxylic acid groups (broad SMARTS) is 1. The molecule has 0 aromatic heterocycles. The quantitative estimate of drug-likeness (QED) is 0.573. The smallest absolute Gasteiger partial charge is 0.321 e. The number of carboxylic acids is 1. The van der Waals surface area contributed by atoms with Crippen molar-refractivity contribution in [3.8, 4) is 0 Å². The largest absolute Gasteiger partial charge is 0.480 e. The Balaban J connectivity index is 4.08. The third-order valence-electron chi connectivity index (χ3n) is 1.64. The van der Waals surface area contributed by atoms with Crippen molar-refractivity contribution >= 4 is 12.3 Å². The third kappa shape index (κ3) is 3.13. The van der Waals surface area contributed by atoms with Gasteiger partial charge in [-0.15, -0.1) is 0 Å². The lowest BCUT2D eigenvalue weighted by molar-refractivity contribution is -0.143. The highest BCUT2D eigenvalue weighted by atomic mass is 16.4. The molecule has 0 aliphatic heterocycles. The van der Waals surface area contributed by atoms with Crippen LogP contribution in [-0.4, -0.2) is 41.9 Å². The Kier molecular flexibility index (Phi) is 4.45. The fourth-order valence-corrected chi connectivity index (χ4v) is 0.781. The summed E-state index contributed by atoms with van der Waals surface area (Å²) in [6.45, 7) is 2.48. The summed E-state index contributed by atoms with van der Waals surface area (Å²) in [5, 5.41) is 8.61. The Morgan fingerprint density at radius 2 is 2.27 bits per heavy atom. The molecular formula is C7H13NO3. The monoisotopic (exact) mass is 159 g/mol. The van der Waals surface area contributed by atoms with E-state index in [0.717, 1.165) is 0 Å². The van der Waals surface area contributed by atoms with Gasteiger partial charge in [-0.1, -0.05) is 6.92 Å². The van der Waals surface area contributed by atoms with E-state index in [-0.39, 0.29) is 6.42 Å².